The van der Waals surface area contributed by atoms with Crippen LogP contribution in [0.1, 0.15) is 42.7 Å². The third-order valence-electron chi connectivity index (χ3n) is 6.14. The Hall–Kier alpha value is -3.13. The molecule has 0 aliphatic carbocycles. The quantitative estimate of drug-likeness (QED) is 0.363. The van der Waals surface area contributed by atoms with Gasteiger partial charge in [-0.05, 0) is 50.1 Å². The van der Waals surface area contributed by atoms with Crippen LogP contribution in [0.5, 0.6) is 11.5 Å². The zero-order valence-corrected chi connectivity index (χ0v) is 18.2. The number of ether oxygens (including phenoxy) is 1. The van der Waals surface area contributed by atoms with Crippen LogP contribution in [0.4, 0.5) is 0 Å². The van der Waals surface area contributed by atoms with Gasteiger partial charge in [0.25, 0.3) is 0 Å². The van der Waals surface area contributed by atoms with Gasteiger partial charge in [-0.3, -0.25) is 4.79 Å². The van der Waals surface area contributed by atoms with E-state index in [4.69, 9.17) is 9.15 Å². The molecule has 4 atom stereocenters. The largest absolute Gasteiger partial charge is 0.507 e. The second-order valence-corrected chi connectivity index (χ2v) is 8.56. The SMILES string of the molecule is C=C(C)C(O)C(O)c1ccc(O)c2c(=O)c3c4c(c(C)cc3oc12)OCC(C(=C)C)C4O. The lowest BCUT2D eigenvalue weighted by atomic mass is 9.85. The number of hydrogen-bond donors (Lipinski definition) is 4. The molecule has 1 aliphatic rings. The fraction of sp³-hybridized carbons (Fsp3) is 0.320. The van der Waals surface area contributed by atoms with Crippen molar-refractivity contribution in [2.24, 2.45) is 5.92 Å². The van der Waals surface area contributed by atoms with Crippen LogP contribution in [0.3, 0.4) is 0 Å². The van der Waals surface area contributed by atoms with Crippen LogP contribution < -0.4 is 10.2 Å². The molecule has 0 spiro atoms. The van der Waals surface area contributed by atoms with Crippen LogP contribution in [0.15, 0.2) is 51.7 Å². The van der Waals surface area contributed by atoms with E-state index >= 15 is 0 Å². The highest BCUT2D eigenvalue weighted by atomic mass is 16.5. The maximum atomic E-state index is 13.6. The molecule has 7 nitrogen and oxygen atoms in total. The normalized spacial score (nSPS) is 19.9. The lowest BCUT2D eigenvalue weighted by molar-refractivity contribution is 0.0419. The molecule has 0 saturated heterocycles. The van der Waals surface area contributed by atoms with E-state index in [2.05, 4.69) is 13.2 Å². The minimum Gasteiger partial charge on any atom is -0.507 e. The van der Waals surface area contributed by atoms with Gasteiger partial charge in [0.05, 0.1) is 18.1 Å². The molecule has 1 aliphatic heterocycles. The summed E-state index contributed by atoms with van der Waals surface area (Å²) < 4.78 is 11.9. The van der Waals surface area contributed by atoms with Crippen molar-refractivity contribution in [2.75, 3.05) is 6.61 Å². The summed E-state index contributed by atoms with van der Waals surface area (Å²) in [6.07, 6.45) is -3.75. The van der Waals surface area contributed by atoms with Crippen LogP contribution in [-0.2, 0) is 0 Å². The molecule has 0 radical (unpaired) electrons. The van der Waals surface area contributed by atoms with E-state index in [1.54, 1.807) is 26.8 Å². The number of fused-ring (bicyclic) bond motifs is 4. The van der Waals surface area contributed by atoms with E-state index in [1.807, 2.05) is 0 Å². The summed E-state index contributed by atoms with van der Waals surface area (Å²) in [7, 11) is 0. The Morgan fingerprint density at radius 2 is 1.88 bits per heavy atom. The summed E-state index contributed by atoms with van der Waals surface area (Å²) >= 11 is 0. The summed E-state index contributed by atoms with van der Waals surface area (Å²) in [5, 5.41) is 42.5. The van der Waals surface area contributed by atoms with Gasteiger partial charge >= 0.3 is 0 Å². The van der Waals surface area contributed by atoms with Crippen molar-refractivity contribution < 1.29 is 29.6 Å². The average Bonchev–Trinajstić information content (AvgIpc) is 2.72. The predicted molar refractivity (Wildman–Crippen MR) is 121 cm³/mol. The van der Waals surface area contributed by atoms with E-state index in [-0.39, 0.29) is 39.9 Å². The monoisotopic (exact) mass is 438 g/mol. The van der Waals surface area contributed by atoms with Crippen molar-refractivity contribution >= 4 is 21.9 Å². The molecular formula is C25H26O7. The second-order valence-electron chi connectivity index (χ2n) is 8.56. The Morgan fingerprint density at radius 3 is 2.50 bits per heavy atom. The third kappa shape index (κ3) is 3.21. The van der Waals surface area contributed by atoms with Gasteiger partial charge in [-0.15, -0.1) is 0 Å². The summed E-state index contributed by atoms with van der Waals surface area (Å²) in [5.41, 5.74) is 1.70. The number of benzene rings is 2. The number of aliphatic hydroxyl groups excluding tert-OH is 3. The molecule has 4 N–H and O–H groups in total. The van der Waals surface area contributed by atoms with Crippen molar-refractivity contribution in [1.29, 1.82) is 0 Å². The number of hydrogen-bond acceptors (Lipinski definition) is 7. The first-order chi connectivity index (χ1) is 15.0. The summed E-state index contributed by atoms with van der Waals surface area (Å²) in [6, 6.07) is 4.28. The molecule has 2 heterocycles. The van der Waals surface area contributed by atoms with Crippen LogP contribution in [-0.4, -0.2) is 33.1 Å². The minimum absolute atomic E-state index is 0.0441. The van der Waals surface area contributed by atoms with Crippen molar-refractivity contribution in [3.8, 4) is 11.5 Å². The highest BCUT2D eigenvalue weighted by Crippen LogP contribution is 2.44. The van der Waals surface area contributed by atoms with E-state index in [9.17, 15) is 25.2 Å². The fourth-order valence-corrected chi connectivity index (χ4v) is 4.28. The second kappa shape index (κ2) is 7.78. The highest BCUT2D eigenvalue weighted by Gasteiger charge is 2.35. The van der Waals surface area contributed by atoms with Gasteiger partial charge in [0, 0.05) is 17.0 Å². The maximum Gasteiger partial charge on any atom is 0.204 e. The Morgan fingerprint density at radius 1 is 1.19 bits per heavy atom. The fourth-order valence-electron chi connectivity index (χ4n) is 4.28. The van der Waals surface area contributed by atoms with Crippen LogP contribution in [0.25, 0.3) is 21.9 Å². The standard InChI is InChI=1S/C25H26O7/c1-10(2)14-9-31-24-12(5)8-16-18(19(24)21(14)28)23(30)17-15(26)7-6-13(25(17)32-16)22(29)20(27)11(3)4/h6-8,14,20-22,26-29H,1,3,9H2,2,4-5H3. The number of phenols is 1. The highest BCUT2D eigenvalue weighted by molar-refractivity contribution is 5.97. The molecule has 0 fully saturated rings. The first kappa shape index (κ1) is 22.1. The molecule has 168 valence electrons. The summed E-state index contributed by atoms with van der Waals surface area (Å²) in [4.78, 5) is 13.6. The van der Waals surface area contributed by atoms with Crippen LogP contribution in [0.2, 0.25) is 0 Å². The number of aliphatic hydroxyl groups is 3. The molecule has 0 amide bonds. The molecule has 0 bridgehead atoms. The van der Waals surface area contributed by atoms with Gasteiger partial charge in [-0.1, -0.05) is 18.7 Å². The number of aromatic hydroxyl groups is 1. The summed E-state index contributed by atoms with van der Waals surface area (Å²) in [5.74, 6) is -0.342. The molecular weight excluding hydrogens is 412 g/mol. The number of rotatable bonds is 4. The lowest BCUT2D eigenvalue weighted by Gasteiger charge is -2.32. The van der Waals surface area contributed by atoms with Gasteiger partial charge in [-0.25, -0.2) is 0 Å². The Balaban J connectivity index is 2.10. The third-order valence-corrected chi connectivity index (χ3v) is 6.14. The van der Waals surface area contributed by atoms with E-state index in [1.165, 1.54) is 12.1 Å². The first-order valence-electron chi connectivity index (χ1n) is 10.3. The molecule has 4 unspecified atom stereocenters. The molecule has 32 heavy (non-hydrogen) atoms. The van der Waals surface area contributed by atoms with Crippen molar-refractivity contribution in [1.82, 2.24) is 0 Å². The molecule has 7 heteroatoms. The van der Waals surface area contributed by atoms with E-state index in [0.29, 0.717) is 28.0 Å². The van der Waals surface area contributed by atoms with Gasteiger partial charge in [0.1, 0.15) is 40.3 Å². The van der Waals surface area contributed by atoms with Crippen LogP contribution in [0, 0.1) is 12.8 Å². The van der Waals surface area contributed by atoms with Crippen LogP contribution >= 0.6 is 0 Å². The molecule has 4 rings (SSSR count). The minimum atomic E-state index is -1.42. The maximum absolute atomic E-state index is 13.6. The Labute approximate surface area is 184 Å². The van der Waals surface area contributed by atoms with Gasteiger partial charge < -0.3 is 29.6 Å². The zero-order valence-electron chi connectivity index (χ0n) is 18.2. The van der Waals surface area contributed by atoms with Gasteiger partial charge in [-0.2, -0.15) is 0 Å². The first-order valence-corrected chi connectivity index (χ1v) is 10.3. The predicted octanol–water partition coefficient (Wildman–Crippen LogP) is 3.55. The topological polar surface area (TPSA) is 120 Å². The van der Waals surface area contributed by atoms with Crippen molar-refractivity contribution in [3.63, 3.8) is 0 Å². The Kier molecular flexibility index (Phi) is 5.36. The van der Waals surface area contributed by atoms with Crippen molar-refractivity contribution in [3.05, 3.63) is 69.4 Å². The van der Waals surface area contributed by atoms with E-state index in [0.717, 1.165) is 0 Å². The molecule has 3 aromatic rings. The van der Waals surface area contributed by atoms with Gasteiger partial charge in [0.2, 0.25) is 5.43 Å². The molecule has 2 aromatic carbocycles. The van der Waals surface area contributed by atoms with Crippen molar-refractivity contribution in [2.45, 2.75) is 39.1 Å². The molecule has 0 saturated carbocycles. The molecule has 1 aromatic heterocycles. The number of aryl methyl sites for hydroxylation is 1. The van der Waals surface area contributed by atoms with Gasteiger partial charge in [0.15, 0.2) is 0 Å². The zero-order chi connectivity index (χ0) is 23.5. The summed E-state index contributed by atoms with van der Waals surface area (Å²) in [6.45, 7) is 12.9. The smallest absolute Gasteiger partial charge is 0.204 e. The Bertz CT molecular complexity index is 1330. The number of phenolic OH excluding ortho intramolecular Hbond substituents is 1. The average molecular weight is 438 g/mol. The lowest BCUT2D eigenvalue weighted by Crippen LogP contribution is -2.28. The van der Waals surface area contributed by atoms with E-state index < -0.39 is 29.7 Å².